The van der Waals surface area contributed by atoms with Gasteiger partial charge in [0.2, 0.25) is 5.91 Å². The predicted molar refractivity (Wildman–Crippen MR) is 125 cm³/mol. The molecule has 1 aliphatic heterocycles. The number of halogens is 2. The SMILES string of the molecule is CN(C)CCN(CCO)C(=O)CCc1ccc2c(c1)C[C@@](C)(Cc1ccc(Cl)c(F)c1)O2. The molecule has 0 aromatic heterocycles. The van der Waals surface area contributed by atoms with E-state index in [1.165, 1.54) is 6.07 Å². The third-order valence-corrected chi connectivity index (χ3v) is 6.08. The van der Waals surface area contributed by atoms with E-state index in [-0.39, 0.29) is 17.5 Å². The van der Waals surface area contributed by atoms with Crippen molar-refractivity contribution < 1.29 is 19.0 Å². The summed E-state index contributed by atoms with van der Waals surface area (Å²) in [6, 6.07) is 10.9. The number of amides is 1. The van der Waals surface area contributed by atoms with E-state index < -0.39 is 11.4 Å². The molecule has 0 bridgehead atoms. The molecule has 174 valence electrons. The highest BCUT2D eigenvalue weighted by Gasteiger charge is 2.35. The molecule has 2 aromatic carbocycles. The standard InChI is InChI=1S/C25H32ClFN2O3/c1-25(16-19-4-7-21(26)22(27)15-19)17-20-14-18(5-8-23(20)32-25)6-9-24(31)29(12-13-30)11-10-28(2)3/h4-5,7-8,14-15,30H,6,9-13,16-17H2,1-3H3/t25-/m1/s1. The minimum Gasteiger partial charge on any atom is -0.487 e. The van der Waals surface area contributed by atoms with Crippen LogP contribution in [0.1, 0.15) is 30.0 Å². The molecule has 2 aromatic rings. The summed E-state index contributed by atoms with van der Waals surface area (Å²) in [7, 11) is 3.93. The Morgan fingerprint density at radius 2 is 1.91 bits per heavy atom. The Morgan fingerprint density at radius 1 is 1.16 bits per heavy atom. The third kappa shape index (κ3) is 6.44. The Kier molecular flexibility index (Phi) is 8.15. The summed E-state index contributed by atoms with van der Waals surface area (Å²) in [6.45, 7) is 3.71. The van der Waals surface area contributed by atoms with Crippen LogP contribution >= 0.6 is 11.6 Å². The summed E-state index contributed by atoms with van der Waals surface area (Å²) in [5, 5.41) is 9.40. The normalized spacial score (nSPS) is 17.3. The minimum absolute atomic E-state index is 0.0363. The van der Waals surface area contributed by atoms with E-state index in [0.717, 1.165) is 29.0 Å². The Balaban J connectivity index is 1.60. The van der Waals surface area contributed by atoms with Crippen LogP contribution in [-0.4, -0.2) is 66.8 Å². The average molecular weight is 463 g/mol. The van der Waals surface area contributed by atoms with Gasteiger partial charge in [-0.3, -0.25) is 4.79 Å². The lowest BCUT2D eigenvalue weighted by Crippen LogP contribution is -2.38. The maximum Gasteiger partial charge on any atom is 0.223 e. The van der Waals surface area contributed by atoms with E-state index in [0.29, 0.717) is 38.8 Å². The second-order valence-electron chi connectivity index (χ2n) is 9.00. The molecule has 1 atom stereocenters. The molecule has 32 heavy (non-hydrogen) atoms. The summed E-state index contributed by atoms with van der Waals surface area (Å²) >= 11 is 5.79. The van der Waals surface area contributed by atoms with Crippen LogP contribution < -0.4 is 4.74 Å². The third-order valence-electron chi connectivity index (χ3n) is 5.78. The van der Waals surface area contributed by atoms with E-state index in [2.05, 4.69) is 6.07 Å². The molecule has 1 N–H and O–H groups in total. The summed E-state index contributed by atoms with van der Waals surface area (Å²) in [6.07, 6.45) is 2.32. The monoisotopic (exact) mass is 462 g/mol. The van der Waals surface area contributed by atoms with Crippen molar-refractivity contribution in [1.29, 1.82) is 0 Å². The lowest BCUT2D eigenvalue weighted by Gasteiger charge is -2.24. The minimum atomic E-state index is -0.457. The molecule has 5 nitrogen and oxygen atoms in total. The fraction of sp³-hybridized carbons (Fsp3) is 0.480. The van der Waals surface area contributed by atoms with Gasteiger partial charge in [0.1, 0.15) is 17.2 Å². The highest BCUT2D eigenvalue weighted by molar-refractivity contribution is 6.30. The second-order valence-corrected chi connectivity index (χ2v) is 9.41. The first-order chi connectivity index (χ1) is 15.2. The summed E-state index contributed by atoms with van der Waals surface area (Å²) in [5.74, 6) is 0.466. The molecule has 0 saturated heterocycles. The highest BCUT2D eigenvalue weighted by Crippen LogP contribution is 2.38. The summed E-state index contributed by atoms with van der Waals surface area (Å²) in [4.78, 5) is 16.4. The van der Waals surface area contributed by atoms with Gasteiger partial charge >= 0.3 is 0 Å². The number of hydrogen-bond acceptors (Lipinski definition) is 4. The quantitative estimate of drug-likeness (QED) is 0.584. The van der Waals surface area contributed by atoms with Gasteiger partial charge in [0, 0.05) is 38.9 Å². The topological polar surface area (TPSA) is 53.0 Å². The lowest BCUT2D eigenvalue weighted by molar-refractivity contribution is -0.131. The molecule has 0 fully saturated rings. The second kappa shape index (κ2) is 10.6. The molecule has 0 unspecified atom stereocenters. The molecule has 7 heteroatoms. The van der Waals surface area contributed by atoms with Crippen LogP contribution in [0.4, 0.5) is 4.39 Å². The average Bonchev–Trinajstić information content (AvgIpc) is 3.06. The number of aliphatic hydroxyl groups is 1. The van der Waals surface area contributed by atoms with E-state index in [1.54, 1.807) is 11.0 Å². The van der Waals surface area contributed by atoms with Crippen molar-refractivity contribution >= 4 is 17.5 Å². The van der Waals surface area contributed by atoms with Gasteiger partial charge in [0.15, 0.2) is 0 Å². The summed E-state index contributed by atoms with van der Waals surface area (Å²) in [5.41, 5.74) is 2.57. The van der Waals surface area contributed by atoms with Gasteiger partial charge in [-0.25, -0.2) is 4.39 Å². The number of ether oxygens (including phenoxy) is 1. The van der Waals surface area contributed by atoms with E-state index in [9.17, 15) is 14.3 Å². The van der Waals surface area contributed by atoms with Gasteiger partial charge in [0.25, 0.3) is 0 Å². The van der Waals surface area contributed by atoms with Gasteiger partial charge in [0.05, 0.1) is 11.6 Å². The van der Waals surface area contributed by atoms with Crippen molar-refractivity contribution in [1.82, 2.24) is 9.80 Å². The smallest absolute Gasteiger partial charge is 0.223 e. The number of aryl methyl sites for hydroxylation is 1. The van der Waals surface area contributed by atoms with Crippen LogP contribution in [0.5, 0.6) is 5.75 Å². The number of carbonyl (C=O) groups is 1. The van der Waals surface area contributed by atoms with Gasteiger partial charge in [-0.05, 0) is 62.3 Å². The Bertz CT molecular complexity index is 953. The molecule has 3 rings (SSSR count). The zero-order chi connectivity index (χ0) is 23.3. The van der Waals surface area contributed by atoms with Crippen LogP contribution in [0.3, 0.4) is 0 Å². The fourth-order valence-corrected chi connectivity index (χ4v) is 4.24. The zero-order valence-electron chi connectivity index (χ0n) is 19.0. The molecule has 1 aliphatic rings. The molecular formula is C25H32ClFN2O3. The number of likely N-dealkylation sites (N-methyl/N-ethyl adjacent to an activating group) is 1. The van der Waals surface area contributed by atoms with Crippen LogP contribution in [0.15, 0.2) is 36.4 Å². The predicted octanol–water partition coefficient (Wildman–Crippen LogP) is 3.73. The van der Waals surface area contributed by atoms with Crippen molar-refractivity contribution in [2.24, 2.45) is 0 Å². The number of hydrogen-bond donors (Lipinski definition) is 1. The molecule has 1 amide bonds. The van der Waals surface area contributed by atoms with Crippen LogP contribution in [0.2, 0.25) is 5.02 Å². The lowest BCUT2D eigenvalue weighted by atomic mass is 9.91. The maximum atomic E-state index is 13.8. The van der Waals surface area contributed by atoms with E-state index >= 15 is 0 Å². The van der Waals surface area contributed by atoms with E-state index in [4.69, 9.17) is 16.3 Å². The van der Waals surface area contributed by atoms with Gasteiger partial charge in [-0.1, -0.05) is 29.8 Å². The molecule has 0 radical (unpaired) electrons. The number of aliphatic hydroxyl groups excluding tert-OH is 1. The first kappa shape index (κ1) is 24.5. The van der Waals surface area contributed by atoms with Gasteiger partial charge < -0.3 is 19.6 Å². The van der Waals surface area contributed by atoms with Gasteiger partial charge in [-0.15, -0.1) is 0 Å². The van der Waals surface area contributed by atoms with Crippen molar-refractivity contribution in [3.63, 3.8) is 0 Å². The Labute approximate surface area is 194 Å². The van der Waals surface area contributed by atoms with Crippen molar-refractivity contribution in [2.75, 3.05) is 40.3 Å². The number of rotatable bonds is 10. The maximum absolute atomic E-state index is 13.8. The number of fused-ring (bicyclic) bond motifs is 1. The number of nitrogens with zero attached hydrogens (tertiary/aromatic N) is 2. The Morgan fingerprint density at radius 3 is 2.59 bits per heavy atom. The van der Waals surface area contributed by atoms with Crippen LogP contribution in [0.25, 0.3) is 0 Å². The highest BCUT2D eigenvalue weighted by atomic mass is 35.5. The molecule has 0 spiro atoms. The largest absolute Gasteiger partial charge is 0.487 e. The van der Waals surface area contributed by atoms with Crippen molar-refractivity contribution in [3.8, 4) is 5.75 Å². The first-order valence-corrected chi connectivity index (χ1v) is 11.3. The number of carbonyl (C=O) groups excluding carboxylic acids is 1. The van der Waals surface area contributed by atoms with Crippen molar-refractivity contribution in [2.45, 2.75) is 38.2 Å². The van der Waals surface area contributed by atoms with Crippen LogP contribution in [0, 0.1) is 5.82 Å². The molecule has 0 aliphatic carbocycles. The fourth-order valence-electron chi connectivity index (χ4n) is 4.12. The van der Waals surface area contributed by atoms with Crippen molar-refractivity contribution in [3.05, 3.63) is 63.9 Å². The summed E-state index contributed by atoms with van der Waals surface area (Å²) < 4.78 is 20.0. The molecule has 0 saturated carbocycles. The van der Waals surface area contributed by atoms with E-state index in [1.807, 2.05) is 44.1 Å². The van der Waals surface area contributed by atoms with Gasteiger partial charge in [-0.2, -0.15) is 0 Å². The molecular weight excluding hydrogens is 431 g/mol. The zero-order valence-corrected chi connectivity index (χ0v) is 19.8. The number of benzene rings is 2. The molecule has 1 heterocycles. The first-order valence-electron chi connectivity index (χ1n) is 11.0. The Hall–Kier alpha value is -2.15. The van der Waals surface area contributed by atoms with Crippen LogP contribution in [-0.2, 0) is 24.1 Å².